The summed E-state index contributed by atoms with van der Waals surface area (Å²) in [6, 6.07) is 9.00. The summed E-state index contributed by atoms with van der Waals surface area (Å²) in [5, 5.41) is 2.88. The number of fused-ring (bicyclic) bond motifs is 3. The molecular weight excluding hydrogens is 312 g/mol. The fraction of sp³-hybridized carbons (Fsp3) is 0.308. The van der Waals surface area contributed by atoms with E-state index in [2.05, 4.69) is 62.4 Å². The molecule has 0 aromatic heterocycles. The van der Waals surface area contributed by atoms with E-state index < -0.39 is 0 Å². The van der Waals surface area contributed by atoms with Crippen molar-refractivity contribution in [3.8, 4) is 0 Å². The van der Waals surface area contributed by atoms with Crippen LogP contribution in [-0.2, 0) is 6.42 Å². The second-order valence-corrected chi connectivity index (χ2v) is 8.38. The van der Waals surface area contributed by atoms with Crippen molar-refractivity contribution in [2.75, 3.05) is 0 Å². The highest BCUT2D eigenvalue weighted by molar-refractivity contribution is 6.03. The molecule has 0 nitrogen and oxygen atoms in total. The van der Waals surface area contributed by atoms with E-state index in [1.165, 1.54) is 47.6 Å². The van der Waals surface area contributed by atoms with Crippen LogP contribution in [0.2, 0.25) is 0 Å². The zero-order valence-electron chi connectivity index (χ0n) is 15.6. The monoisotopic (exact) mass is 336 g/mol. The molecule has 4 aliphatic rings. The first-order valence-corrected chi connectivity index (χ1v) is 10.1. The summed E-state index contributed by atoms with van der Waals surface area (Å²) in [5.41, 5.74) is 12.9. The first-order chi connectivity index (χ1) is 12.8. The Hall–Kier alpha value is -2.34. The van der Waals surface area contributed by atoms with Crippen molar-refractivity contribution in [3.05, 3.63) is 81.5 Å². The summed E-state index contributed by atoms with van der Waals surface area (Å²) < 4.78 is 0. The lowest BCUT2D eigenvalue weighted by molar-refractivity contribution is 0.568. The van der Waals surface area contributed by atoms with E-state index in [1.807, 2.05) is 0 Å². The number of rotatable bonds is 0. The predicted octanol–water partition coefficient (Wildman–Crippen LogP) is 6.79. The van der Waals surface area contributed by atoms with Crippen LogP contribution in [0.25, 0.3) is 22.4 Å². The third-order valence-corrected chi connectivity index (χ3v) is 7.27. The van der Waals surface area contributed by atoms with E-state index in [1.54, 1.807) is 33.4 Å². The molecule has 2 aromatic rings. The molecule has 2 atom stereocenters. The van der Waals surface area contributed by atoms with Crippen LogP contribution in [-0.4, -0.2) is 0 Å². The molecule has 0 fully saturated rings. The minimum absolute atomic E-state index is 0.554. The maximum Gasteiger partial charge on any atom is 0.00965 e. The maximum absolute atomic E-state index is 2.51. The van der Waals surface area contributed by atoms with Gasteiger partial charge in [0.15, 0.2) is 0 Å². The Labute approximate surface area is 155 Å². The van der Waals surface area contributed by atoms with Crippen molar-refractivity contribution < 1.29 is 0 Å². The lowest BCUT2D eigenvalue weighted by Gasteiger charge is -2.42. The lowest BCUT2D eigenvalue weighted by atomic mass is 9.61. The van der Waals surface area contributed by atoms with E-state index in [0.717, 1.165) is 0 Å². The van der Waals surface area contributed by atoms with Crippen LogP contribution in [0.1, 0.15) is 48.4 Å². The van der Waals surface area contributed by atoms with Crippen LogP contribution in [0.3, 0.4) is 0 Å². The van der Waals surface area contributed by atoms with Gasteiger partial charge in [0.25, 0.3) is 0 Å². The lowest BCUT2D eigenvalue weighted by Crippen LogP contribution is -2.27. The molecule has 0 bridgehead atoms. The van der Waals surface area contributed by atoms with Gasteiger partial charge in [-0.05, 0) is 93.8 Å². The minimum Gasteiger partial charge on any atom is -0.0839 e. The first kappa shape index (κ1) is 14.8. The van der Waals surface area contributed by atoms with Crippen LogP contribution < -0.4 is 0 Å². The summed E-state index contributed by atoms with van der Waals surface area (Å²) in [4.78, 5) is 0. The zero-order valence-corrected chi connectivity index (χ0v) is 15.6. The van der Waals surface area contributed by atoms with E-state index in [0.29, 0.717) is 11.8 Å². The number of hydrogen-bond acceptors (Lipinski definition) is 0. The Kier molecular flexibility index (Phi) is 2.90. The highest BCUT2D eigenvalue weighted by atomic mass is 14.4. The molecular formula is C26H24. The Bertz CT molecular complexity index is 1100. The minimum atomic E-state index is 0.554. The van der Waals surface area contributed by atoms with E-state index in [9.17, 15) is 0 Å². The number of hydrogen-bond donors (Lipinski definition) is 0. The van der Waals surface area contributed by atoms with Crippen molar-refractivity contribution in [3.63, 3.8) is 0 Å². The van der Waals surface area contributed by atoms with Gasteiger partial charge in [0.2, 0.25) is 0 Å². The molecule has 2 aromatic carbocycles. The van der Waals surface area contributed by atoms with E-state index in [-0.39, 0.29) is 0 Å². The molecule has 0 aliphatic heterocycles. The molecule has 6 rings (SSSR count). The SMILES string of the molecule is Cc1c2c3c(c4ccccc14)C=CC1C3=C(CC2)C2=C(C=CCC2)C1C. The fourth-order valence-electron chi connectivity index (χ4n) is 6.04. The summed E-state index contributed by atoms with van der Waals surface area (Å²) in [7, 11) is 0. The normalized spacial score (nSPS) is 25.6. The topological polar surface area (TPSA) is 0 Å². The van der Waals surface area contributed by atoms with Gasteiger partial charge in [0, 0.05) is 5.92 Å². The van der Waals surface area contributed by atoms with Crippen molar-refractivity contribution in [2.24, 2.45) is 11.8 Å². The molecule has 0 saturated heterocycles. The highest BCUT2D eigenvalue weighted by Gasteiger charge is 2.39. The van der Waals surface area contributed by atoms with Crippen LogP contribution in [0, 0.1) is 18.8 Å². The molecule has 4 aliphatic carbocycles. The van der Waals surface area contributed by atoms with Crippen molar-refractivity contribution >= 4 is 22.4 Å². The highest BCUT2D eigenvalue weighted by Crippen LogP contribution is 2.55. The van der Waals surface area contributed by atoms with Gasteiger partial charge < -0.3 is 0 Å². The van der Waals surface area contributed by atoms with Crippen molar-refractivity contribution in [1.82, 2.24) is 0 Å². The van der Waals surface area contributed by atoms with Crippen LogP contribution in [0.4, 0.5) is 0 Å². The molecule has 0 radical (unpaired) electrons. The van der Waals surface area contributed by atoms with Gasteiger partial charge in [-0.15, -0.1) is 0 Å². The average Bonchev–Trinajstić information content (AvgIpc) is 2.70. The molecule has 26 heavy (non-hydrogen) atoms. The molecule has 0 heterocycles. The molecule has 0 heteroatoms. The molecule has 0 saturated carbocycles. The number of aryl methyl sites for hydroxylation is 1. The van der Waals surface area contributed by atoms with Crippen LogP contribution in [0.5, 0.6) is 0 Å². The summed E-state index contributed by atoms with van der Waals surface area (Å²) >= 11 is 0. The summed E-state index contributed by atoms with van der Waals surface area (Å²) in [6.07, 6.45) is 14.6. The average molecular weight is 336 g/mol. The third-order valence-electron chi connectivity index (χ3n) is 7.27. The molecule has 0 amide bonds. The quantitative estimate of drug-likeness (QED) is 0.497. The van der Waals surface area contributed by atoms with Crippen LogP contribution >= 0.6 is 0 Å². The van der Waals surface area contributed by atoms with E-state index >= 15 is 0 Å². The number of allylic oxidation sites excluding steroid dienone is 7. The fourth-order valence-corrected chi connectivity index (χ4v) is 6.04. The van der Waals surface area contributed by atoms with Gasteiger partial charge in [0.1, 0.15) is 0 Å². The van der Waals surface area contributed by atoms with E-state index in [4.69, 9.17) is 0 Å². The Morgan fingerprint density at radius 1 is 0.923 bits per heavy atom. The second-order valence-electron chi connectivity index (χ2n) is 8.38. The van der Waals surface area contributed by atoms with Gasteiger partial charge in [-0.25, -0.2) is 0 Å². The van der Waals surface area contributed by atoms with Crippen molar-refractivity contribution in [2.45, 2.75) is 39.5 Å². The Morgan fingerprint density at radius 3 is 2.65 bits per heavy atom. The first-order valence-electron chi connectivity index (χ1n) is 10.1. The van der Waals surface area contributed by atoms with Crippen LogP contribution in [0.15, 0.2) is 59.2 Å². The third kappa shape index (κ3) is 1.70. The standard InChI is InChI=1S/C26H24/c1-15-17-7-3-5-9-21(17)23-14-12-20-16(2)18-8-4-6-10-22(18)24-13-11-19(15)25(23)26(20)24/h3-5,7-9,12,14,16,20H,6,10-11,13H2,1-2H3. The predicted molar refractivity (Wildman–Crippen MR) is 111 cm³/mol. The van der Waals surface area contributed by atoms with Gasteiger partial charge in [-0.3, -0.25) is 0 Å². The molecule has 0 N–H and O–H groups in total. The van der Waals surface area contributed by atoms with Crippen molar-refractivity contribution in [1.29, 1.82) is 0 Å². The Balaban J connectivity index is 1.75. The zero-order chi connectivity index (χ0) is 17.4. The largest absolute Gasteiger partial charge is 0.0839 e. The van der Waals surface area contributed by atoms with Gasteiger partial charge in [-0.2, -0.15) is 0 Å². The maximum atomic E-state index is 2.51. The number of benzene rings is 2. The summed E-state index contributed by atoms with van der Waals surface area (Å²) in [5.74, 6) is 1.15. The van der Waals surface area contributed by atoms with Gasteiger partial charge in [0.05, 0.1) is 0 Å². The molecule has 2 unspecified atom stereocenters. The summed E-state index contributed by atoms with van der Waals surface area (Å²) in [6.45, 7) is 4.79. The molecule has 0 spiro atoms. The van der Waals surface area contributed by atoms with Gasteiger partial charge >= 0.3 is 0 Å². The van der Waals surface area contributed by atoms with Gasteiger partial charge in [-0.1, -0.05) is 55.5 Å². The molecule has 128 valence electrons. The Morgan fingerprint density at radius 2 is 1.77 bits per heavy atom. The second kappa shape index (κ2) is 5.10. The smallest absolute Gasteiger partial charge is 0.00965 e.